The summed E-state index contributed by atoms with van der Waals surface area (Å²) in [5, 5.41) is 13.4. The number of carbonyl (C=O) groups is 1. The van der Waals surface area contributed by atoms with Gasteiger partial charge < -0.3 is 21.1 Å². The standard InChI is InChI=1S/C24H30F2N10O3/c1-24(2)10-13(7-14-5-4-6-35(14)24)29-21-16(26)11-28-22(31-21)30-17-9-18(36-23(38)34(3)32-33-36)19(8-15(17)25)39-12-20(27)37/h8-9,11,13-14H,4-7,10,12H2,1-3H3,(H2,27,37)(H2,28,29,30,31). The van der Waals surface area contributed by atoms with Gasteiger partial charge in [-0.1, -0.05) is 0 Å². The molecule has 13 nitrogen and oxygen atoms in total. The van der Waals surface area contributed by atoms with E-state index >= 15 is 4.39 Å². The molecule has 2 aliphatic rings. The summed E-state index contributed by atoms with van der Waals surface area (Å²) in [5.74, 6) is -2.47. The van der Waals surface area contributed by atoms with Gasteiger partial charge >= 0.3 is 5.69 Å². The molecular weight excluding hydrogens is 514 g/mol. The number of aromatic nitrogens is 6. The zero-order valence-electron chi connectivity index (χ0n) is 21.8. The maximum Gasteiger partial charge on any atom is 0.368 e. The van der Waals surface area contributed by atoms with E-state index in [1.165, 1.54) is 13.1 Å². The summed E-state index contributed by atoms with van der Waals surface area (Å²) >= 11 is 0. The molecule has 15 heteroatoms. The summed E-state index contributed by atoms with van der Waals surface area (Å²) in [7, 11) is 1.39. The average molecular weight is 545 g/mol. The number of benzene rings is 1. The van der Waals surface area contributed by atoms with Crippen molar-refractivity contribution in [3.8, 4) is 11.4 Å². The average Bonchev–Trinajstić information content (AvgIpc) is 3.48. The van der Waals surface area contributed by atoms with E-state index in [1.807, 2.05) is 0 Å². The van der Waals surface area contributed by atoms with Gasteiger partial charge in [0.1, 0.15) is 11.4 Å². The van der Waals surface area contributed by atoms with E-state index in [9.17, 15) is 14.0 Å². The molecule has 0 aliphatic carbocycles. The van der Waals surface area contributed by atoms with Crippen molar-refractivity contribution in [1.29, 1.82) is 0 Å². The molecular formula is C24H30F2N10O3. The predicted octanol–water partition coefficient (Wildman–Crippen LogP) is 1.46. The number of nitrogens with two attached hydrogens (primary N) is 1. The van der Waals surface area contributed by atoms with Crippen molar-refractivity contribution < 1.29 is 18.3 Å². The molecule has 0 spiro atoms. The lowest BCUT2D eigenvalue weighted by Crippen LogP contribution is -2.55. The number of nitrogens with zero attached hydrogens (tertiary/aromatic N) is 7. The Morgan fingerprint density at radius 1 is 1.26 bits per heavy atom. The molecule has 1 amide bonds. The number of aryl methyl sites for hydroxylation is 1. The quantitative estimate of drug-likeness (QED) is 0.379. The van der Waals surface area contributed by atoms with Crippen LogP contribution in [0.5, 0.6) is 5.75 Å². The summed E-state index contributed by atoms with van der Waals surface area (Å²) in [6.07, 6.45) is 4.94. The number of hydrogen-bond donors (Lipinski definition) is 3. The minimum Gasteiger partial charge on any atom is -0.481 e. The Balaban J connectivity index is 1.42. The lowest BCUT2D eigenvalue weighted by molar-refractivity contribution is -0.119. The maximum atomic E-state index is 15.1. The molecule has 2 unspecified atom stereocenters. The fraction of sp³-hybridized carbons (Fsp3) is 0.500. The maximum absolute atomic E-state index is 15.1. The van der Waals surface area contributed by atoms with Gasteiger partial charge in [0.25, 0.3) is 5.91 Å². The SMILES string of the molecule is Cn1nnn(-c2cc(Nc3ncc(F)c(NC4CC5CCCN5C(C)(C)C4)n3)c(F)cc2OCC(N)=O)c1=O. The molecule has 4 N–H and O–H groups in total. The van der Waals surface area contributed by atoms with E-state index in [-0.39, 0.29) is 40.5 Å². The van der Waals surface area contributed by atoms with Crippen LogP contribution < -0.4 is 26.8 Å². The van der Waals surface area contributed by atoms with Crippen molar-refractivity contribution in [2.24, 2.45) is 12.8 Å². The molecule has 4 heterocycles. The number of tetrazole rings is 1. The third-order valence-electron chi connectivity index (χ3n) is 7.16. The number of hydrogen-bond acceptors (Lipinski definition) is 10. The van der Waals surface area contributed by atoms with Crippen LogP contribution in [0.3, 0.4) is 0 Å². The summed E-state index contributed by atoms with van der Waals surface area (Å²) < 4.78 is 36.9. The summed E-state index contributed by atoms with van der Waals surface area (Å²) in [5.41, 5.74) is 4.31. The Morgan fingerprint density at radius 2 is 2.05 bits per heavy atom. The number of halogens is 2. The van der Waals surface area contributed by atoms with Crippen LogP contribution >= 0.6 is 0 Å². The highest BCUT2D eigenvalue weighted by atomic mass is 19.1. The number of nitrogens with one attached hydrogen (secondary N) is 2. The zero-order valence-corrected chi connectivity index (χ0v) is 21.8. The monoisotopic (exact) mass is 544 g/mol. The van der Waals surface area contributed by atoms with E-state index < -0.39 is 29.8 Å². The van der Waals surface area contributed by atoms with Crippen LogP contribution in [-0.2, 0) is 11.8 Å². The molecule has 2 saturated heterocycles. The Hall–Kier alpha value is -4.14. The molecule has 208 valence electrons. The second-order valence-electron chi connectivity index (χ2n) is 10.4. The van der Waals surface area contributed by atoms with E-state index in [1.54, 1.807) is 0 Å². The van der Waals surface area contributed by atoms with Crippen LogP contribution in [-0.4, -0.2) is 71.3 Å². The van der Waals surface area contributed by atoms with E-state index in [4.69, 9.17) is 10.5 Å². The summed E-state index contributed by atoms with van der Waals surface area (Å²) in [6, 6.07) is 2.62. The van der Waals surface area contributed by atoms with Crippen LogP contribution in [0.25, 0.3) is 5.69 Å². The number of primary amides is 1. The first-order chi connectivity index (χ1) is 18.5. The van der Waals surface area contributed by atoms with Crippen molar-refractivity contribution in [2.45, 2.75) is 57.2 Å². The van der Waals surface area contributed by atoms with Crippen LogP contribution in [0.1, 0.15) is 39.5 Å². The van der Waals surface area contributed by atoms with Crippen molar-refractivity contribution in [1.82, 2.24) is 34.7 Å². The van der Waals surface area contributed by atoms with Crippen LogP contribution in [0.4, 0.5) is 26.2 Å². The normalized spacial score (nSPS) is 20.4. The van der Waals surface area contributed by atoms with Gasteiger partial charge in [0.05, 0.1) is 11.9 Å². The fourth-order valence-corrected chi connectivity index (χ4v) is 5.50. The highest BCUT2D eigenvalue weighted by molar-refractivity contribution is 5.75. The molecule has 0 saturated carbocycles. The lowest BCUT2D eigenvalue weighted by atomic mass is 9.84. The first-order valence-corrected chi connectivity index (χ1v) is 12.6. The Labute approximate surface area is 222 Å². The lowest BCUT2D eigenvalue weighted by Gasteiger charge is -2.47. The number of rotatable bonds is 8. The molecule has 39 heavy (non-hydrogen) atoms. The van der Waals surface area contributed by atoms with Crippen molar-refractivity contribution in [3.63, 3.8) is 0 Å². The van der Waals surface area contributed by atoms with Crippen molar-refractivity contribution in [2.75, 3.05) is 23.8 Å². The van der Waals surface area contributed by atoms with E-state index in [0.717, 1.165) is 53.9 Å². The molecule has 0 bridgehead atoms. The molecule has 2 atom stereocenters. The minimum absolute atomic E-state index is 0.00477. The number of anilines is 3. The molecule has 2 fully saturated rings. The predicted molar refractivity (Wildman–Crippen MR) is 137 cm³/mol. The number of carbonyl (C=O) groups excluding carboxylic acids is 1. The van der Waals surface area contributed by atoms with Crippen molar-refractivity contribution in [3.05, 3.63) is 40.4 Å². The van der Waals surface area contributed by atoms with Gasteiger partial charge in [0.15, 0.2) is 24.1 Å². The van der Waals surface area contributed by atoms with Gasteiger partial charge in [-0.05, 0) is 62.6 Å². The second-order valence-corrected chi connectivity index (χ2v) is 10.4. The largest absolute Gasteiger partial charge is 0.481 e. The van der Waals surface area contributed by atoms with Gasteiger partial charge in [-0.25, -0.2) is 18.6 Å². The number of amides is 1. The van der Waals surface area contributed by atoms with Crippen LogP contribution in [0, 0.1) is 11.6 Å². The van der Waals surface area contributed by atoms with Gasteiger partial charge in [-0.3, -0.25) is 9.69 Å². The first kappa shape index (κ1) is 26.5. The zero-order chi connectivity index (χ0) is 27.9. The van der Waals surface area contributed by atoms with E-state index in [2.05, 4.69) is 49.8 Å². The number of fused-ring (bicyclic) bond motifs is 1. The van der Waals surface area contributed by atoms with Crippen LogP contribution in [0.15, 0.2) is 23.1 Å². The van der Waals surface area contributed by atoms with Gasteiger partial charge in [-0.15, -0.1) is 0 Å². The topological polar surface area (TPSA) is 158 Å². The second kappa shape index (κ2) is 10.2. The number of piperidine rings is 1. The molecule has 2 aliphatic heterocycles. The van der Waals surface area contributed by atoms with Gasteiger partial charge in [-0.2, -0.15) is 14.3 Å². The smallest absolute Gasteiger partial charge is 0.368 e. The highest BCUT2D eigenvalue weighted by Gasteiger charge is 2.43. The number of ether oxygens (including phenoxy) is 1. The highest BCUT2D eigenvalue weighted by Crippen LogP contribution is 2.38. The minimum atomic E-state index is -0.812. The molecule has 1 aromatic carbocycles. The fourth-order valence-electron chi connectivity index (χ4n) is 5.50. The third-order valence-corrected chi connectivity index (χ3v) is 7.16. The molecule has 2 aromatic heterocycles. The first-order valence-electron chi connectivity index (χ1n) is 12.6. The van der Waals surface area contributed by atoms with Crippen LogP contribution in [0.2, 0.25) is 0 Å². The molecule has 3 aromatic rings. The Kier molecular flexibility index (Phi) is 6.92. The Bertz CT molecular complexity index is 1460. The molecule has 0 radical (unpaired) electrons. The van der Waals surface area contributed by atoms with E-state index in [0.29, 0.717) is 6.04 Å². The van der Waals surface area contributed by atoms with Gasteiger partial charge in [0, 0.05) is 30.7 Å². The summed E-state index contributed by atoms with van der Waals surface area (Å²) in [6.45, 7) is 4.91. The van der Waals surface area contributed by atoms with Crippen molar-refractivity contribution >= 4 is 23.4 Å². The summed E-state index contributed by atoms with van der Waals surface area (Å²) in [4.78, 5) is 34.4. The van der Waals surface area contributed by atoms with Gasteiger partial charge in [0.2, 0.25) is 5.95 Å². The Morgan fingerprint density at radius 3 is 2.77 bits per heavy atom. The third kappa shape index (κ3) is 5.39. The molecule has 5 rings (SSSR count).